The first-order valence-corrected chi connectivity index (χ1v) is 8.92. The van der Waals surface area contributed by atoms with Gasteiger partial charge in [-0.25, -0.2) is 9.98 Å². The third kappa shape index (κ3) is 4.95. The lowest BCUT2D eigenvalue weighted by atomic mass is 10.2. The van der Waals surface area contributed by atoms with Crippen LogP contribution >= 0.6 is 0 Å². The molecule has 1 aliphatic heterocycles. The molecule has 2 aromatic rings. The number of nitrogens with zero attached hydrogens (tertiary/aromatic N) is 4. The first-order chi connectivity index (χ1) is 12.2. The summed E-state index contributed by atoms with van der Waals surface area (Å²) in [5.74, 6) is 1.97. The molecule has 3 rings (SSSR count). The summed E-state index contributed by atoms with van der Waals surface area (Å²) in [6.45, 7) is 3.64. The maximum Gasteiger partial charge on any atom is 0.194 e. The van der Waals surface area contributed by atoms with Crippen molar-refractivity contribution in [2.24, 2.45) is 4.99 Å². The van der Waals surface area contributed by atoms with Gasteiger partial charge in [-0.1, -0.05) is 36.4 Å². The van der Waals surface area contributed by atoms with Gasteiger partial charge in [-0.05, 0) is 30.0 Å². The summed E-state index contributed by atoms with van der Waals surface area (Å²) >= 11 is 0. The van der Waals surface area contributed by atoms with Gasteiger partial charge in [0.25, 0.3) is 0 Å². The maximum atomic E-state index is 4.71. The SMILES string of the molecule is CN(C)C(=NCc1ccc(N2CCCC2)nc1)NCc1ccccc1. The number of guanidine groups is 1. The van der Waals surface area contributed by atoms with Gasteiger partial charge in [0.05, 0.1) is 6.54 Å². The number of nitrogens with one attached hydrogen (secondary N) is 1. The van der Waals surface area contributed by atoms with Crippen molar-refractivity contribution in [1.29, 1.82) is 0 Å². The highest BCUT2D eigenvalue weighted by molar-refractivity contribution is 5.79. The summed E-state index contributed by atoms with van der Waals surface area (Å²) in [5.41, 5.74) is 2.37. The van der Waals surface area contributed by atoms with E-state index in [4.69, 9.17) is 4.99 Å². The van der Waals surface area contributed by atoms with E-state index in [2.05, 4.69) is 51.6 Å². The van der Waals surface area contributed by atoms with Crippen molar-refractivity contribution in [2.45, 2.75) is 25.9 Å². The van der Waals surface area contributed by atoms with E-state index >= 15 is 0 Å². The molecule has 1 N–H and O–H groups in total. The van der Waals surface area contributed by atoms with Crippen molar-refractivity contribution in [3.63, 3.8) is 0 Å². The number of pyridine rings is 1. The zero-order valence-corrected chi connectivity index (χ0v) is 15.2. The van der Waals surface area contributed by atoms with Gasteiger partial charge in [-0.15, -0.1) is 0 Å². The molecule has 0 amide bonds. The highest BCUT2D eigenvalue weighted by Crippen LogP contribution is 2.17. The topological polar surface area (TPSA) is 43.8 Å². The summed E-state index contributed by atoms with van der Waals surface area (Å²) in [6, 6.07) is 14.6. The number of hydrogen-bond donors (Lipinski definition) is 1. The Balaban J connectivity index is 1.59. The minimum Gasteiger partial charge on any atom is -0.357 e. The Morgan fingerprint density at radius 2 is 1.84 bits per heavy atom. The second kappa shape index (κ2) is 8.51. The monoisotopic (exact) mass is 337 g/mol. The molecule has 132 valence electrons. The highest BCUT2D eigenvalue weighted by Gasteiger charge is 2.12. The number of hydrogen-bond acceptors (Lipinski definition) is 3. The van der Waals surface area contributed by atoms with E-state index in [0.29, 0.717) is 6.54 Å². The van der Waals surface area contributed by atoms with Gasteiger partial charge in [-0.2, -0.15) is 0 Å². The summed E-state index contributed by atoms with van der Waals surface area (Å²) in [5, 5.41) is 3.41. The van der Waals surface area contributed by atoms with Crippen LogP contribution in [-0.2, 0) is 13.1 Å². The van der Waals surface area contributed by atoms with E-state index < -0.39 is 0 Å². The van der Waals surface area contributed by atoms with E-state index in [1.54, 1.807) is 0 Å². The number of aromatic nitrogens is 1. The molecule has 0 aliphatic carbocycles. The number of anilines is 1. The largest absolute Gasteiger partial charge is 0.357 e. The summed E-state index contributed by atoms with van der Waals surface area (Å²) in [6.07, 6.45) is 4.49. The van der Waals surface area contributed by atoms with Crippen LogP contribution in [0.25, 0.3) is 0 Å². The molecule has 25 heavy (non-hydrogen) atoms. The van der Waals surface area contributed by atoms with Gasteiger partial charge in [0.1, 0.15) is 5.82 Å². The van der Waals surface area contributed by atoms with Gasteiger partial charge in [0.2, 0.25) is 0 Å². The Morgan fingerprint density at radius 3 is 2.48 bits per heavy atom. The molecule has 2 heterocycles. The molecule has 1 fully saturated rings. The molecule has 0 bridgehead atoms. The molecule has 1 aromatic heterocycles. The van der Waals surface area contributed by atoms with Crippen molar-refractivity contribution >= 4 is 11.8 Å². The zero-order valence-electron chi connectivity index (χ0n) is 15.2. The minimum atomic E-state index is 0.628. The van der Waals surface area contributed by atoms with Gasteiger partial charge in [-0.3, -0.25) is 0 Å². The van der Waals surface area contributed by atoms with Crippen LogP contribution < -0.4 is 10.2 Å². The molecule has 5 nitrogen and oxygen atoms in total. The highest BCUT2D eigenvalue weighted by atomic mass is 15.3. The molecule has 1 aliphatic rings. The fourth-order valence-corrected chi connectivity index (χ4v) is 2.94. The predicted molar refractivity (Wildman–Crippen MR) is 104 cm³/mol. The van der Waals surface area contributed by atoms with Crippen LogP contribution in [0.5, 0.6) is 0 Å². The predicted octanol–water partition coefficient (Wildman–Crippen LogP) is 2.89. The smallest absolute Gasteiger partial charge is 0.194 e. The lowest BCUT2D eigenvalue weighted by molar-refractivity contribution is 0.578. The van der Waals surface area contributed by atoms with Gasteiger partial charge < -0.3 is 15.1 Å². The summed E-state index contributed by atoms with van der Waals surface area (Å²) in [4.78, 5) is 13.7. The Kier molecular flexibility index (Phi) is 5.88. The number of aliphatic imine (C=N–C) groups is 1. The fraction of sp³-hybridized carbons (Fsp3) is 0.400. The first kappa shape index (κ1) is 17.3. The van der Waals surface area contributed by atoms with Crippen LogP contribution in [0.15, 0.2) is 53.7 Å². The van der Waals surface area contributed by atoms with Crippen molar-refractivity contribution in [2.75, 3.05) is 32.1 Å². The Hall–Kier alpha value is -2.56. The van der Waals surface area contributed by atoms with Gasteiger partial charge >= 0.3 is 0 Å². The average Bonchev–Trinajstić information content (AvgIpc) is 3.17. The van der Waals surface area contributed by atoms with Crippen molar-refractivity contribution < 1.29 is 0 Å². The van der Waals surface area contributed by atoms with Crippen LogP contribution in [0.4, 0.5) is 5.82 Å². The quantitative estimate of drug-likeness (QED) is 0.673. The van der Waals surface area contributed by atoms with Gasteiger partial charge in [0, 0.05) is 39.9 Å². The zero-order chi connectivity index (χ0) is 17.5. The van der Waals surface area contributed by atoms with Crippen molar-refractivity contribution in [3.05, 3.63) is 59.8 Å². The van der Waals surface area contributed by atoms with E-state index in [1.807, 2.05) is 31.3 Å². The summed E-state index contributed by atoms with van der Waals surface area (Å²) in [7, 11) is 4.01. The third-order valence-corrected chi connectivity index (χ3v) is 4.37. The van der Waals surface area contributed by atoms with Gasteiger partial charge in [0.15, 0.2) is 5.96 Å². The van der Waals surface area contributed by atoms with E-state index in [-0.39, 0.29) is 0 Å². The summed E-state index contributed by atoms with van der Waals surface area (Å²) < 4.78 is 0. The minimum absolute atomic E-state index is 0.628. The molecule has 0 spiro atoms. The normalized spacial score (nSPS) is 14.6. The second-order valence-corrected chi connectivity index (χ2v) is 6.59. The van der Waals surface area contributed by atoms with Crippen LogP contribution in [0.2, 0.25) is 0 Å². The van der Waals surface area contributed by atoms with E-state index in [0.717, 1.165) is 37.0 Å². The fourth-order valence-electron chi connectivity index (χ4n) is 2.94. The molecule has 0 radical (unpaired) electrons. The van der Waals surface area contributed by atoms with Crippen LogP contribution in [0.1, 0.15) is 24.0 Å². The average molecular weight is 337 g/mol. The first-order valence-electron chi connectivity index (χ1n) is 8.92. The van der Waals surface area contributed by atoms with Crippen LogP contribution in [0.3, 0.4) is 0 Å². The Labute approximate surface area is 150 Å². The number of benzene rings is 1. The van der Waals surface area contributed by atoms with E-state index in [1.165, 1.54) is 18.4 Å². The molecular weight excluding hydrogens is 310 g/mol. The second-order valence-electron chi connectivity index (χ2n) is 6.59. The van der Waals surface area contributed by atoms with Crippen molar-refractivity contribution in [1.82, 2.24) is 15.2 Å². The lowest BCUT2D eigenvalue weighted by Gasteiger charge is -2.18. The van der Waals surface area contributed by atoms with E-state index in [9.17, 15) is 0 Å². The molecular formula is C20H27N5. The standard InChI is InChI=1S/C20H27N5/c1-24(2)20(22-14-17-8-4-3-5-9-17)23-16-18-10-11-19(21-15-18)25-12-6-7-13-25/h3-5,8-11,15H,6-7,12-14,16H2,1-2H3,(H,22,23). The number of rotatable bonds is 5. The molecule has 0 unspecified atom stereocenters. The third-order valence-electron chi connectivity index (χ3n) is 4.37. The van der Waals surface area contributed by atoms with Crippen LogP contribution in [-0.4, -0.2) is 43.0 Å². The Bertz CT molecular complexity index is 673. The molecule has 0 atom stereocenters. The maximum absolute atomic E-state index is 4.71. The Morgan fingerprint density at radius 1 is 1.08 bits per heavy atom. The lowest BCUT2D eigenvalue weighted by Crippen LogP contribution is -2.36. The molecule has 0 saturated carbocycles. The molecule has 1 aromatic carbocycles. The van der Waals surface area contributed by atoms with Crippen molar-refractivity contribution in [3.8, 4) is 0 Å². The van der Waals surface area contributed by atoms with Crippen LogP contribution in [0, 0.1) is 0 Å². The molecule has 1 saturated heterocycles. The molecule has 5 heteroatoms.